The number of ketones is 2. The number of ether oxygens (including phenoxy) is 2. The summed E-state index contributed by atoms with van der Waals surface area (Å²) in [5, 5.41) is 23.9. The van der Waals surface area contributed by atoms with Crippen LogP contribution in [0, 0.1) is 63.6 Å². The van der Waals surface area contributed by atoms with Gasteiger partial charge in [-0.15, -0.1) is 0 Å². The molecule has 9 heteroatoms. The summed E-state index contributed by atoms with van der Waals surface area (Å²) in [4.78, 5) is 52.1. The van der Waals surface area contributed by atoms with Gasteiger partial charge in [-0.25, -0.2) is 4.39 Å². The maximum absolute atomic E-state index is 17.6. The molecule has 0 radical (unpaired) electrons. The van der Waals surface area contributed by atoms with Gasteiger partial charge >= 0.3 is 11.9 Å². The first-order valence-electron chi connectivity index (χ1n) is 21.7. The average molecular weight is 775 g/mol. The summed E-state index contributed by atoms with van der Waals surface area (Å²) in [7, 11) is 0. The molecule has 0 bridgehead atoms. The van der Waals surface area contributed by atoms with E-state index < -0.39 is 58.4 Å². The summed E-state index contributed by atoms with van der Waals surface area (Å²) in [6.07, 6.45) is 14.2. The first-order valence-corrected chi connectivity index (χ1v) is 21.7. The minimum Gasteiger partial charge on any atom is -0.462 e. The summed E-state index contributed by atoms with van der Waals surface area (Å²) in [6.45, 7) is 13.5. The van der Waals surface area contributed by atoms with Crippen LogP contribution < -0.4 is 0 Å². The zero-order valence-corrected chi connectivity index (χ0v) is 34.1. The summed E-state index contributed by atoms with van der Waals surface area (Å²) >= 11 is 0. The van der Waals surface area contributed by atoms with Gasteiger partial charge in [0.2, 0.25) is 5.78 Å². The van der Waals surface area contributed by atoms with Crippen molar-refractivity contribution in [1.29, 1.82) is 0 Å². The fourth-order valence-corrected chi connectivity index (χ4v) is 15.1. The van der Waals surface area contributed by atoms with Gasteiger partial charge in [0.15, 0.2) is 18.1 Å². The number of alkyl halides is 1. The smallest absolute Gasteiger partial charge is 0.306 e. The average Bonchev–Trinajstić information content (AvgIpc) is 3.56. The highest BCUT2D eigenvalue weighted by atomic mass is 19.1. The SMILES string of the molecule is C=C1C=CC2(C)C(=C1)CCC1C3CC(C)C(O)(C(=O)COC(=O)CCCC(=O)OC4CCC5C6CCC7=CC(=O)CCC7C6C(C)CC45C)C3(C)CC(O)C12F. The van der Waals surface area contributed by atoms with Crippen LogP contribution in [0.15, 0.2) is 47.6 Å². The number of hydrogen-bond acceptors (Lipinski definition) is 8. The molecule has 56 heavy (non-hydrogen) atoms. The Morgan fingerprint density at radius 1 is 0.929 bits per heavy atom. The zero-order valence-electron chi connectivity index (χ0n) is 34.1. The van der Waals surface area contributed by atoms with Crippen LogP contribution in [0.5, 0.6) is 0 Å². The Bertz CT molecular complexity index is 1800. The van der Waals surface area contributed by atoms with Crippen LogP contribution >= 0.6 is 0 Å². The molecule has 8 nitrogen and oxygen atoms in total. The van der Waals surface area contributed by atoms with Gasteiger partial charge in [0.05, 0.1) is 6.10 Å². The number of esters is 2. The Morgan fingerprint density at radius 3 is 2.45 bits per heavy atom. The molecular formula is C47H63FO8. The number of rotatable bonds is 8. The van der Waals surface area contributed by atoms with Gasteiger partial charge in [0.1, 0.15) is 11.7 Å². The van der Waals surface area contributed by atoms with Gasteiger partial charge in [-0.1, -0.05) is 63.6 Å². The molecule has 8 aliphatic carbocycles. The maximum atomic E-state index is 17.6. The molecule has 0 aliphatic heterocycles. The molecule has 8 aliphatic rings. The number of allylic oxidation sites excluding steroid dienone is 6. The van der Waals surface area contributed by atoms with E-state index in [0.29, 0.717) is 55.3 Å². The molecule has 0 aromatic rings. The fourth-order valence-electron chi connectivity index (χ4n) is 15.1. The van der Waals surface area contributed by atoms with Crippen molar-refractivity contribution in [2.24, 2.45) is 63.6 Å². The third-order valence-corrected chi connectivity index (χ3v) is 17.6. The largest absolute Gasteiger partial charge is 0.462 e. The van der Waals surface area contributed by atoms with E-state index in [9.17, 15) is 29.4 Å². The van der Waals surface area contributed by atoms with Crippen molar-refractivity contribution in [2.45, 2.75) is 148 Å². The minimum atomic E-state index is -1.97. The number of fused-ring (bicyclic) bond motifs is 10. The summed E-state index contributed by atoms with van der Waals surface area (Å²) < 4.78 is 29.2. The number of carbonyl (C=O) groups is 4. The molecule has 0 aromatic heterocycles. The van der Waals surface area contributed by atoms with E-state index in [1.54, 1.807) is 13.8 Å². The van der Waals surface area contributed by atoms with E-state index in [1.807, 2.05) is 31.2 Å². The number of aliphatic hydroxyl groups is 2. The standard InChI is InChI=1S/C47H63FO8/c1-26-18-19-44(5)30(20-26)11-15-35-36-21-28(3)47(54,45(36,6)24-37(50)46(35,44)48)38(51)25-55-40(52)8-7-9-41(53)56-39-17-16-34-33-13-10-29-22-31(49)12-14-32(29)42(33)27(2)23-43(34,39)4/h18-20,22,27-28,32-37,39,42,50,54H,1,7-17,21,23-25H2,2-6H3. The van der Waals surface area contributed by atoms with E-state index >= 15 is 4.39 Å². The molecule has 8 rings (SSSR count). The van der Waals surface area contributed by atoms with Gasteiger partial charge in [-0.2, -0.15) is 0 Å². The number of halogens is 1. The lowest BCUT2D eigenvalue weighted by Gasteiger charge is -2.62. The summed E-state index contributed by atoms with van der Waals surface area (Å²) in [5.41, 5.74) is -3.01. The van der Waals surface area contributed by atoms with Crippen LogP contribution in [-0.4, -0.2) is 63.8 Å². The van der Waals surface area contributed by atoms with Crippen LogP contribution in [0.1, 0.15) is 125 Å². The Hall–Kier alpha value is -2.91. The van der Waals surface area contributed by atoms with Crippen molar-refractivity contribution in [3.05, 3.63) is 47.6 Å². The lowest BCUT2D eigenvalue weighted by Crippen LogP contribution is -2.69. The van der Waals surface area contributed by atoms with E-state index in [4.69, 9.17) is 9.47 Å². The number of Topliss-reactive ketones (excluding diaryl/α,β-unsaturated/α-hetero) is 1. The topological polar surface area (TPSA) is 127 Å². The maximum Gasteiger partial charge on any atom is 0.306 e. The molecule has 15 atom stereocenters. The van der Waals surface area contributed by atoms with Crippen LogP contribution in [0.4, 0.5) is 4.39 Å². The van der Waals surface area contributed by atoms with Gasteiger partial charge in [-0.05, 0) is 131 Å². The molecule has 0 aromatic carbocycles. The van der Waals surface area contributed by atoms with Crippen molar-refractivity contribution >= 4 is 23.5 Å². The Kier molecular flexibility index (Phi) is 9.86. The Labute approximate surface area is 331 Å². The molecular weight excluding hydrogens is 712 g/mol. The summed E-state index contributed by atoms with van der Waals surface area (Å²) in [5.74, 6) is -0.123. The first-order chi connectivity index (χ1) is 26.4. The van der Waals surface area contributed by atoms with Crippen LogP contribution in [-0.2, 0) is 28.7 Å². The highest BCUT2D eigenvalue weighted by Gasteiger charge is 2.75. The van der Waals surface area contributed by atoms with E-state index in [2.05, 4.69) is 20.4 Å². The molecule has 2 N–H and O–H groups in total. The van der Waals surface area contributed by atoms with Crippen LogP contribution in [0.2, 0.25) is 0 Å². The second-order valence-corrected chi connectivity index (χ2v) is 20.2. The highest BCUT2D eigenvalue weighted by Crippen LogP contribution is 2.71. The van der Waals surface area contributed by atoms with Crippen molar-refractivity contribution in [3.8, 4) is 0 Å². The van der Waals surface area contributed by atoms with Crippen molar-refractivity contribution < 1.29 is 43.3 Å². The lowest BCUT2D eigenvalue weighted by molar-refractivity contribution is -0.219. The fraction of sp³-hybridized carbons (Fsp3) is 0.745. The predicted molar refractivity (Wildman–Crippen MR) is 208 cm³/mol. The molecule has 0 heterocycles. The van der Waals surface area contributed by atoms with E-state index in [1.165, 1.54) is 5.57 Å². The number of hydrogen-bond donors (Lipinski definition) is 2. The second-order valence-electron chi connectivity index (χ2n) is 20.2. The van der Waals surface area contributed by atoms with Crippen molar-refractivity contribution in [2.75, 3.05) is 6.61 Å². The molecule has 6 fully saturated rings. The van der Waals surface area contributed by atoms with Crippen LogP contribution in [0.3, 0.4) is 0 Å². The van der Waals surface area contributed by atoms with Gasteiger partial charge in [0, 0.05) is 41.4 Å². The quantitative estimate of drug-likeness (QED) is 0.239. The minimum absolute atomic E-state index is 0.0657. The highest BCUT2D eigenvalue weighted by molar-refractivity contribution is 5.92. The Balaban J connectivity index is 0.841. The molecule has 6 saturated carbocycles. The predicted octanol–water partition coefficient (Wildman–Crippen LogP) is 7.90. The van der Waals surface area contributed by atoms with E-state index in [-0.39, 0.29) is 54.9 Å². The van der Waals surface area contributed by atoms with Gasteiger partial charge in [0.25, 0.3) is 0 Å². The third-order valence-electron chi connectivity index (χ3n) is 17.6. The normalized spacial score (nSPS) is 47.6. The Morgan fingerprint density at radius 2 is 1.68 bits per heavy atom. The molecule has 0 spiro atoms. The molecule has 15 unspecified atom stereocenters. The van der Waals surface area contributed by atoms with Crippen molar-refractivity contribution in [1.82, 2.24) is 0 Å². The lowest BCUT2D eigenvalue weighted by atomic mass is 9.44. The van der Waals surface area contributed by atoms with E-state index in [0.717, 1.165) is 49.7 Å². The number of carbonyl (C=O) groups excluding carboxylic acids is 4. The molecule has 0 amide bonds. The monoisotopic (exact) mass is 774 g/mol. The van der Waals surface area contributed by atoms with Crippen LogP contribution in [0.25, 0.3) is 0 Å². The third kappa shape index (κ3) is 5.69. The molecule has 306 valence electrons. The van der Waals surface area contributed by atoms with Gasteiger partial charge in [-0.3, -0.25) is 19.2 Å². The molecule has 0 saturated heterocycles. The van der Waals surface area contributed by atoms with Gasteiger partial charge < -0.3 is 19.7 Å². The van der Waals surface area contributed by atoms with Crippen molar-refractivity contribution in [3.63, 3.8) is 0 Å². The number of aliphatic hydroxyl groups excluding tert-OH is 1. The zero-order chi connectivity index (χ0) is 40.2. The second kappa shape index (κ2) is 13.8. The summed E-state index contributed by atoms with van der Waals surface area (Å²) in [6, 6.07) is 0. The first kappa shape index (κ1) is 39.9.